The highest BCUT2D eigenvalue weighted by atomic mass is 32.2. The molecular weight excluding hydrogens is 406 g/mol. The van der Waals surface area contributed by atoms with Gasteiger partial charge in [-0.05, 0) is 36.6 Å². The summed E-state index contributed by atoms with van der Waals surface area (Å²) >= 11 is 1.23. The number of nitro benzene ring substituents is 1. The van der Waals surface area contributed by atoms with E-state index in [1.54, 1.807) is 18.4 Å². The van der Waals surface area contributed by atoms with Gasteiger partial charge in [-0.25, -0.2) is 8.42 Å². The van der Waals surface area contributed by atoms with Crippen molar-refractivity contribution in [3.05, 3.63) is 52.6 Å². The Morgan fingerprint density at radius 2 is 1.75 bits per heavy atom. The van der Waals surface area contributed by atoms with Crippen LogP contribution in [0.1, 0.15) is 6.92 Å². The van der Waals surface area contributed by atoms with Crippen LogP contribution in [0.3, 0.4) is 0 Å². The van der Waals surface area contributed by atoms with Gasteiger partial charge < -0.3 is 10.6 Å². The van der Waals surface area contributed by atoms with E-state index >= 15 is 0 Å². The van der Waals surface area contributed by atoms with Crippen molar-refractivity contribution in [1.82, 2.24) is 0 Å². The minimum absolute atomic E-state index is 0.277. The van der Waals surface area contributed by atoms with E-state index in [0.29, 0.717) is 10.6 Å². The third-order valence-corrected chi connectivity index (χ3v) is 5.87. The summed E-state index contributed by atoms with van der Waals surface area (Å²) in [6.07, 6.45) is 1.70. The van der Waals surface area contributed by atoms with Gasteiger partial charge in [0.25, 0.3) is 5.69 Å². The maximum Gasteiger partial charge on any atom is 0.289 e. The third-order valence-electron chi connectivity index (χ3n) is 3.49. The number of carbonyl (C=O) groups excluding carboxylic acids is 2. The van der Waals surface area contributed by atoms with Crippen molar-refractivity contribution in [2.75, 3.05) is 22.6 Å². The molecule has 9 nitrogen and oxygen atoms in total. The molecule has 0 fully saturated rings. The van der Waals surface area contributed by atoms with Crippen LogP contribution in [0.5, 0.6) is 0 Å². The highest BCUT2D eigenvalue weighted by Crippen LogP contribution is 2.29. The number of amides is 2. The van der Waals surface area contributed by atoms with Crippen molar-refractivity contribution in [1.29, 1.82) is 0 Å². The van der Waals surface area contributed by atoms with Crippen LogP contribution < -0.4 is 10.6 Å². The Bertz CT molecular complexity index is 1040. The van der Waals surface area contributed by atoms with E-state index in [1.807, 2.05) is 0 Å². The molecule has 0 aliphatic heterocycles. The first kappa shape index (κ1) is 21.4. The Balaban J connectivity index is 2.22. The average Bonchev–Trinajstić information content (AvgIpc) is 2.60. The van der Waals surface area contributed by atoms with Crippen LogP contribution in [0.15, 0.2) is 52.3 Å². The molecule has 0 aliphatic rings. The summed E-state index contributed by atoms with van der Waals surface area (Å²) in [5.41, 5.74) is 0.127. The van der Waals surface area contributed by atoms with Gasteiger partial charge in [-0.3, -0.25) is 19.7 Å². The smallest absolute Gasteiger partial charge is 0.289 e. The molecule has 2 N–H and O–H groups in total. The molecule has 148 valence electrons. The van der Waals surface area contributed by atoms with Crippen molar-refractivity contribution in [2.45, 2.75) is 16.7 Å². The summed E-state index contributed by atoms with van der Waals surface area (Å²) in [5.74, 6) is -2.12. The summed E-state index contributed by atoms with van der Waals surface area (Å²) in [7, 11) is -4.24. The fourth-order valence-electron chi connectivity index (χ4n) is 2.36. The molecule has 0 saturated heterocycles. The topological polar surface area (TPSA) is 135 Å². The molecule has 11 heteroatoms. The highest BCUT2D eigenvalue weighted by Gasteiger charge is 2.28. The zero-order valence-electron chi connectivity index (χ0n) is 15.0. The monoisotopic (exact) mass is 423 g/mol. The molecule has 0 saturated carbocycles. The molecule has 0 bridgehead atoms. The second-order valence-electron chi connectivity index (χ2n) is 5.66. The molecule has 0 aromatic heterocycles. The molecule has 0 heterocycles. The van der Waals surface area contributed by atoms with Gasteiger partial charge >= 0.3 is 0 Å². The fraction of sp³-hybridized carbons (Fsp3) is 0.176. The SMILES string of the molecule is CSc1ccc(S(=O)(=O)CC(=O)Nc2cccc(NC(C)=O)c2)c([N+](=O)[O-])c1. The zero-order valence-corrected chi connectivity index (χ0v) is 16.6. The van der Waals surface area contributed by atoms with Crippen LogP contribution in [0.4, 0.5) is 17.1 Å². The Morgan fingerprint density at radius 1 is 1.11 bits per heavy atom. The molecule has 0 spiro atoms. The van der Waals surface area contributed by atoms with Gasteiger partial charge in [0.15, 0.2) is 9.84 Å². The number of sulfone groups is 1. The second-order valence-corrected chi connectivity index (χ2v) is 8.50. The summed E-state index contributed by atoms with van der Waals surface area (Å²) in [5, 5.41) is 16.2. The van der Waals surface area contributed by atoms with E-state index in [1.165, 1.54) is 36.9 Å². The van der Waals surface area contributed by atoms with Crippen LogP contribution >= 0.6 is 11.8 Å². The standard InChI is InChI=1S/C17H17N3O6S2/c1-11(21)18-12-4-3-5-13(8-12)19-17(22)10-28(25,26)16-7-6-14(27-2)9-15(16)20(23)24/h3-9H,10H2,1-2H3,(H,18,21)(H,19,22). The molecule has 2 aromatic carbocycles. The van der Waals surface area contributed by atoms with Crippen molar-refractivity contribution in [3.8, 4) is 0 Å². The van der Waals surface area contributed by atoms with E-state index in [2.05, 4.69) is 10.6 Å². The Kier molecular flexibility index (Phi) is 6.75. The van der Waals surface area contributed by atoms with Gasteiger partial charge in [-0.1, -0.05) is 6.07 Å². The molecule has 0 aliphatic carbocycles. The first-order valence-electron chi connectivity index (χ1n) is 7.85. The number of nitro groups is 1. The number of hydrogen-bond acceptors (Lipinski definition) is 7. The lowest BCUT2D eigenvalue weighted by Gasteiger charge is -2.09. The van der Waals surface area contributed by atoms with E-state index in [-0.39, 0.29) is 11.6 Å². The number of hydrogen-bond donors (Lipinski definition) is 2. The van der Waals surface area contributed by atoms with Crippen LogP contribution in [0.2, 0.25) is 0 Å². The number of nitrogens with zero attached hydrogens (tertiary/aromatic N) is 1. The molecule has 0 atom stereocenters. The largest absolute Gasteiger partial charge is 0.326 e. The summed E-state index contributed by atoms with van der Waals surface area (Å²) in [6.45, 7) is 1.33. The fourth-order valence-corrected chi connectivity index (χ4v) is 4.09. The summed E-state index contributed by atoms with van der Waals surface area (Å²) in [6, 6.07) is 9.88. The average molecular weight is 423 g/mol. The van der Waals surface area contributed by atoms with E-state index in [4.69, 9.17) is 0 Å². The minimum Gasteiger partial charge on any atom is -0.326 e. The minimum atomic E-state index is -4.24. The van der Waals surface area contributed by atoms with Crippen LogP contribution in [-0.2, 0) is 19.4 Å². The lowest BCUT2D eigenvalue weighted by molar-refractivity contribution is -0.388. The van der Waals surface area contributed by atoms with Gasteiger partial charge in [0.05, 0.1) is 4.92 Å². The van der Waals surface area contributed by atoms with Crippen LogP contribution in [0, 0.1) is 10.1 Å². The van der Waals surface area contributed by atoms with E-state index in [0.717, 1.165) is 12.1 Å². The van der Waals surface area contributed by atoms with Crippen LogP contribution in [0.25, 0.3) is 0 Å². The Labute approximate surface area is 165 Å². The number of thioether (sulfide) groups is 1. The van der Waals surface area contributed by atoms with Crippen molar-refractivity contribution < 1.29 is 22.9 Å². The quantitative estimate of drug-likeness (QED) is 0.397. The first-order valence-corrected chi connectivity index (χ1v) is 10.7. The predicted molar refractivity (Wildman–Crippen MR) is 106 cm³/mol. The molecule has 0 radical (unpaired) electrons. The predicted octanol–water partition coefficient (Wildman–Crippen LogP) is 2.69. The number of benzene rings is 2. The highest BCUT2D eigenvalue weighted by molar-refractivity contribution is 7.98. The molecule has 2 amide bonds. The molecule has 0 unspecified atom stereocenters. The van der Waals surface area contributed by atoms with Crippen molar-refractivity contribution >= 4 is 50.5 Å². The maximum absolute atomic E-state index is 12.5. The lowest BCUT2D eigenvalue weighted by atomic mass is 10.2. The summed E-state index contributed by atoms with van der Waals surface area (Å²) < 4.78 is 25.1. The normalized spacial score (nSPS) is 10.9. The third kappa shape index (κ3) is 5.54. The Morgan fingerprint density at radius 3 is 2.32 bits per heavy atom. The van der Waals surface area contributed by atoms with Gasteiger partial charge in [0, 0.05) is 29.3 Å². The first-order chi connectivity index (χ1) is 13.1. The van der Waals surface area contributed by atoms with Crippen molar-refractivity contribution in [2.24, 2.45) is 0 Å². The van der Waals surface area contributed by atoms with Gasteiger partial charge in [0.2, 0.25) is 11.8 Å². The maximum atomic E-state index is 12.5. The lowest BCUT2D eigenvalue weighted by Crippen LogP contribution is -2.23. The van der Waals surface area contributed by atoms with Crippen molar-refractivity contribution in [3.63, 3.8) is 0 Å². The number of carbonyl (C=O) groups is 2. The molecule has 28 heavy (non-hydrogen) atoms. The van der Waals surface area contributed by atoms with Gasteiger partial charge in [-0.2, -0.15) is 0 Å². The number of nitrogens with one attached hydrogen (secondary N) is 2. The van der Waals surface area contributed by atoms with E-state index in [9.17, 15) is 28.1 Å². The second kappa shape index (κ2) is 8.85. The van der Waals surface area contributed by atoms with Gasteiger partial charge in [0.1, 0.15) is 10.6 Å². The molecule has 2 rings (SSSR count). The molecule has 2 aromatic rings. The number of rotatable bonds is 7. The van der Waals surface area contributed by atoms with Crippen LogP contribution in [-0.4, -0.2) is 37.2 Å². The zero-order chi connectivity index (χ0) is 20.9. The van der Waals surface area contributed by atoms with Gasteiger partial charge in [-0.15, -0.1) is 11.8 Å². The van der Waals surface area contributed by atoms with E-state index < -0.39 is 37.0 Å². The molecular formula is C17H17N3O6S2. The Hall–Kier alpha value is -2.92. The number of anilines is 2. The summed E-state index contributed by atoms with van der Waals surface area (Å²) in [4.78, 5) is 33.7.